The van der Waals surface area contributed by atoms with Gasteiger partial charge in [-0.2, -0.15) is 0 Å². The molecule has 1 saturated heterocycles. The highest BCUT2D eigenvalue weighted by molar-refractivity contribution is 6.60. The topological polar surface area (TPSA) is 31.6 Å². The number of hydrogen-bond acceptors (Lipinski definition) is 3. The fraction of sp³-hybridized carbons (Fsp3) is 0.714. The lowest BCUT2D eigenvalue weighted by Gasteiger charge is -2.32. The quantitative estimate of drug-likeness (QED) is 0.727. The van der Waals surface area contributed by atoms with Crippen molar-refractivity contribution < 1.29 is 26.1 Å². The van der Waals surface area contributed by atoms with Gasteiger partial charge in [0, 0.05) is 17.8 Å². The first kappa shape index (κ1) is 6.14. The molecule has 0 unspecified atom stereocenters. The molecule has 0 spiro atoms. The Morgan fingerprint density at radius 1 is 1.06 bits per heavy atom. The van der Waals surface area contributed by atoms with E-state index in [9.17, 15) is 0 Å². The van der Waals surface area contributed by atoms with E-state index in [1.165, 1.54) is 6.07 Å². The first-order valence-corrected chi connectivity index (χ1v) is 5.74. The summed E-state index contributed by atoms with van der Waals surface area (Å²) in [4.78, 5) is 0. The Bertz CT molecular complexity index is 648. The molecular formula is C14H23BO3. The van der Waals surface area contributed by atoms with Crippen molar-refractivity contribution >= 4 is 12.8 Å². The van der Waals surface area contributed by atoms with Gasteiger partial charge < -0.3 is 13.7 Å². The summed E-state index contributed by atoms with van der Waals surface area (Å²) in [5, 5.41) is 0. The van der Waals surface area contributed by atoms with Crippen molar-refractivity contribution in [1.29, 1.82) is 0 Å². The van der Waals surface area contributed by atoms with Gasteiger partial charge >= 0.3 is 7.12 Å². The van der Waals surface area contributed by atoms with Gasteiger partial charge in [0.15, 0.2) is 0 Å². The van der Waals surface area contributed by atoms with Crippen LogP contribution in [-0.2, 0) is 14.7 Å². The highest BCUT2D eigenvalue weighted by Crippen LogP contribution is 2.36. The van der Waals surface area contributed by atoms with E-state index >= 15 is 0 Å². The summed E-state index contributed by atoms with van der Waals surface area (Å²) in [6.07, 6.45) is 0. The Labute approximate surface area is 123 Å². The molecule has 1 aliphatic heterocycles. The van der Waals surface area contributed by atoms with Crippen molar-refractivity contribution in [1.82, 2.24) is 0 Å². The molecule has 0 N–H and O–H groups in total. The molecule has 0 saturated carbocycles. The maximum atomic E-state index is 7.72. The predicted octanol–water partition coefficient (Wildman–Crippen LogP) is 2.88. The third-order valence-corrected chi connectivity index (χ3v) is 3.48. The molecule has 1 aromatic rings. The molecule has 1 aromatic heterocycles. The molecular weight excluding hydrogens is 227 g/mol. The van der Waals surface area contributed by atoms with E-state index in [1.807, 2.05) is 0 Å². The molecule has 0 aliphatic carbocycles. The summed E-state index contributed by atoms with van der Waals surface area (Å²) in [6, 6.07) is 2.35. The Kier molecular flexibility index (Phi) is 1.32. The summed E-state index contributed by atoms with van der Waals surface area (Å²) in [7, 11) is -1.02. The molecule has 4 heteroatoms. The van der Waals surface area contributed by atoms with Gasteiger partial charge in [0.25, 0.3) is 0 Å². The summed E-state index contributed by atoms with van der Waals surface area (Å²) in [6.45, 7) is -2.94. The Hall–Kier alpha value is -0.735. The van der Waals surface area contributed by atoms with Gasteiger partial charge in [-0.3, -0.25) is 0 Å². The molecule has 2 heterocycles. The molecule has 0 amide bonds. The van der Waals surface area contributed by atoms with Crippen LogP contribution < -0.4 is 5.66 Å². The Balaban J connectivity index is 2.60. The van der Waals surface area contributed by atoms with Crippen molar-refractivity contribution in [2.24, 2.45) is 0 Å². The van der Waals surface area contributed by atoms with Gasteiger partial charge in [0.1, 0.15) is 11.4 Å². The predicted molar refractivity (Wildman–Crippen MR) is 73.1 cm³/mol. The molecule has 0 aromatic carbocycles. The van der Waals surface area contributed by atoms with Crippen molar-refractivity contribution in [3.05, 3.63) is 17.9 Å². The lowest BCUT2D eigenvalue weighted by Crippen LogP contribution is -2.41. The van der Waals surface area contributed by atoms with Gasteiger partial charge in [0.05, 0.1) is 11.2 Å². The summed E-state index contributed by atoms with van der Waals surface area (Å²) in [5.41, 5.74) is -4.60. The fourth-order valence-corrected chi connectivity index (χ4v) is 1.64. The highest BCUT2D eigenvalue weighted by Gasteiger charge is 2.53. The van der Waals surface area contributed by atoms with E-state index in [0.29, 0.717) is 0 Å². The molecule has 1 aliphatic rings. The average molecular weight is 259 g/mol. The zero-order chi connectivity index (χ0) is 21.3. The van der Waals surface area contributed by atoms with Crippen LogP contribution in [0.4, 0.5) is 0 Å². The molecule has 3 nitrogen and oxygen atoms in total. The lowest BCUT2D eigenvalue weighted by atomic mass is 9.86. The summed E-state index contributed by atoms with van der Waals surface area (Å²) in [5.74, 6) is -0.674. The van der Waals surface area contributed by atoms with Crippen molar-refractivity contribution in [3.63, 3.8) is 0 Å². The van der Waals surface area contributed by atoms with Crippen LogP contribution >= 0.6 is 0 Å². The van der Waals surface area contributed by atoms with Crippen LogP contribution in [0.5, 0.6) is 0 Å². The SMILES string of the molecule is [2H]C([2H])([2H])C(c1ccc(B2OC(C)(C)C(C)(C)O2)o1)(C([2H])([2H])[2H])C([2H])([2H])[2H]. The second-order valence-corrected chi connectivity index (χ2v) is 5.54. The molecule has 1 fully saturated rings. The summed E-state index contributed by atoms with van der Waals surface area (Å²) < 4.78 is 86.6. The van der Waals surface area contributed by atoms with E-state index in [1.54, 1.807) is 27.7 Å². The minimum Gasteiger partial charge on any atom is -0.469 e. The van der Waals surface area contributed by atoms with Crippen LogP contribution in [0.15, 0.2) is 16.5 Å². The van der Waals surface area contributed by atoms with Gasteiger partial charge in [-0.05, 0) is 39.8 Å². The first-order chi connectivity index (χ1) is 11.8. The molecule has 18 heavy (non-hydrogen) atoms. The molecule has 100 valence electrons. The van der Waals surface area contributed by atoms with E-state index in [4.69, 9.17) is 26.1 Å². The van der Waals surface area contributed by atoms with Crippen molar-refractivity contribution in [2.45, 2.75) is 64.9 Å². The van der Waals surface area contributed by atoms with Crippen LogP contribution in [0.3, 0.4) is 0 Å². The smallest absolute Gasteiger partial charge is 0.469 e. The third-order valence-electron chi connectivity index (χ3n) is 3.48. The van der Waals surface area contributed by atoms with Crippen LogP contribution in [0.25, 0.3) is 0 Å². The van der Waals surface area contributed by atoms with Gasteiger partial charge in [-0.15, -0.1) is 0 Å². The first-order valence-electron chi connectivity index (χ1n) is 10.2. The lowest BCUT2D eigenvalue weighted by molar-refractivity contribution is 0.00578. The normalized spacial score (nSPS) is 32.0. The molecule has 2 rings (SSSR count). The number of hydrogen-bond donors (Lipinski definition) is 0. The third kappa shape index (κ3) is 2.24. The Morgan fingerprint density at radius 2 is 1.61 bits per heavy atom. The number of furan rings is 1. The zero-order valence-corrected chi connectivity index (χ0v) is 11.0. The van der Waals surface area contributed by atoms with E-state index in [0.717, 1.165) is 6.07 Å². The monoisotopic (exact) mass is 259 g/mol. The van der Waals surface area contributed by atoms with E-state index in [-0.39, 0.29) is 5.66 Å². The van der Waals surface area contributed by atoms with E-state index < -0.39 is 50.1 Å². The van der Waals surface area contributed by atoms with Crippen LogP contribution in [-0.4, -0.2) is 18.3 Å². The number of rotatable bonds is 1. The Morgan fingerprint density at radius 3 is 2.11 bits per heavy atom. The van der Waals surface area contributed by atoms with Gasteiger partial charge in [-0.1, -0.05) is 20.6 Å². The maximum Gasteiger partial charge on any atom is 0.532 e. The minimum atomic E-state index is -3.38. The maximum absolute atomic E-state index is 7.72. The highest BCUT2D eigenvalue weighted by atomic mass is 16.7. The summed E-state index contributed by atoms with van der Waals surface area (Å²) >= 11 is 0. The fourth-order valence-electron chi connectivity index (χ4n) is 1.64. The van der Waals surface area contributed by atoms with Crippen LogP contribution in [0.2, 0.25) is 0 Å². The van der Waals surface area contributed by atoms with Crippen molar-refractivity contribution in [3.8, 4) is 0 Å². The zero-order valence-electron chi connectivity index (χ0n) is 20.0. The van der Waals surface area contributed by atoms with Gasteiger partial charge in [0.2, 0.25) is 0 Å². The van der Waals surface area contributed by atoms with Gasteiger partial charge in [-0.25, -0.2) is 0 Å². The molecule has 0 radical (unpaired) electrons. The van der Waals surface area contributed by atoms with E-state index in [2.05, 4.69) is 0 Å². The largest absolute Gasteiger partial charge is 0.532 e. The second-order valence-electron chi connectivity index (χ2n) is 5.54. The van der Waals surface area contributed by atoms with Crippen LogP contribution in [0.1, 0.15) is 66.3 Å². The average Bonchev–Trinajstić information content (AvgIpc) is 2.88. The molecule has 0 atom stereocenters. The second kappa shape index (κ2) is 3.88. The standard InChI is InChI=1S/C14H23BO3/c1-12(2,3)10-8-9-11(16-10)15-17-13(4,5)14(6,7)18-15/h8-9H,1-7H3/i1D3,2D3,3D3. The molecule has 0 bridgehead atoms. The minimum absolute atomic E-state index is 0.00535. The van der Waals surface area contributed by atoms with Crippen LogP contribution in [0, 0.1) is 0 Å². The van der Waals surface area contributed by atoms with Crippen molar-refractivity contribution in [2.75, 3.05) is 0 Å².